The van der Waals surface area contributed by atoms with Gasteiger partial charge in [-0.15, -0.1) is 5.48 Å². The van der Waals surface area contributed by atoms with Crippen molar-refractivity contribution in [3.63, 3.8) is 0 Å². The molecule has 98 valence electrons. The van der Waals surface area contributed by atoms with Crippen LogP contribution in [0.15, 0.2) is 4.99 Å². The van der Waals surface area contributed by atoms with Crippen LogP contribution in [0.5, 0.6) is 0 Å². The molecule has 0 saturated carbocycles. The highest BCUT2D eigenvalue weighted by atomic mass is 35.5. The summed E-state index contributed by atoms with van der Waals surface area (Å²) in [6, 6.07) is 0. The standard InChI is InChI=1S/C11H16ClN5O/c1-7-13-11(18-15-7)10-9(12)8-6-16(2)4-3-5-17(8)14-10/h7,15H,3-6H2,1-2H3. The van der Waals surface area contributed by atoms with Crippen molar-refractivity contribution in [2.24, 2.45) is 4.99 Å². The fraction of sp³-hybridized carbons (Fsp3) is 0.636. The number of fused-ring (bicyclic) bond motifs is 1. The topological polar surface area (TPSA) is 54.7 Å². The van der Waals surface area contributed by atoms with E-state index in [1.807, 2.05) is 11.6 Å². The second kappa shape index (κ2) is 4.53. The number of aromatic nitrogens is 2. The van der Waals surface area contributed by atoms with Crippen molar-refractivity contribution in [1.29, 1.82) is 0 Å². The van der Waals surface area contributed by atoms with Crippen LogP contribution in [-0.4, -0.2) is 40.3 Å². The summed E-state index contributed by atoms with van der Waals surface area (Å²) in [5, 5.41) is 5.17. The molecule has 1 unspecified atom stereocenters. The van der Waals surface area contributed by atoms with Gasteiger partial charge in [0.15, 0.2) is 5.69 Å². The Labute approximate surface area is 111 Å². The van der Waals surface area contributed by atoms with Gasteiger partial charge in [0.2, 0.25) is 0 Å². The van der Waals surface area contributed by atoms with E-state index < -0.39 is 0 Å². The molecule has 0 fully saturated rings. The monoisotopic (exact) mass is 269 g/mol. The molecule has 1 aromatic heterocycles. The summed E-state index contributed by atoms with van der Waals surface area (Å²) in [5.74, 6) is 0.482. The van der Waals surface area contributed by atoms with Gasteiger partial charge in [0, 0.05) is 19.6 Å². The fourth-order valence-electron chi connectivity index (χ4n) is 2.25. The summed E-state index contributed by atoms with van der Waals surface area (Å²) < 4.78 is 1.97. The van der Waals surface area contributed by atoms with Crippen LogP contribution in [0.25, 0.3) is 0 Å². The Morgan fingerprint density at radius 1 is 1.44 bits per heavy atom. The molecule has 0 saturated heterocycles. The number of rotatable bonds is 1. The van der Waals surface area contributed by atoms with E-state index in [0.717, 1.165) is 31.7 Å². The molecule has 0 amide bonds. The van der Waals surface area contributed by atoms with Gasteiger partial charge in [-0.2, -0.15) is 5.10 Å². The summed E-state index contributed by atoms with van der Waals surface area (Å²) in [7, 11) is 2.09. The van der Waals surface area contributed by atoms with Gasteiger partial charge in [-0.05, 0) is 20.4 Å². The molecule has 1 N–H and O–H groups in total. The first-order valence-electron chi connectivity index (χ1n) is 6.09. The van der Waals surface area contributed by atoms with Crippen molar-refractivity contribution in [1.82, 2.24) is 20.2 Å². The lowest BCUT2D eigenvalue weighted by Gasteiger charge is -2.11. The first-order valence-corrected chi connectivity index (χ1v) is 6.47. The maximum atomic E-state index is 6.41. The number of hydroxylamine groups is 1. The maximum Gasteiger partial charge on any atom is 0.264 e. The van der Waals surface area contributed by atoms with Crippen LogP contribution in [0.1, 0.15) is 24.7 Å². The summed E-state index contributed by atoms with van der Waals surface area (Å²) in [6.07, 6.45) is 1.02. The average molecular weight is 270 g/mol. The van der Waals surface area contributed by atoms with E-state index in [4.69, 9.17) is 16.4 Å². The van der Waals surface area contributed by atoms with Crippen LogP contribution in [0, 0.1) is 0 Å². The molecular formula is C11H16ClN5O. The molecule has 7 heteroatoms. The van der Waals surface area contributed by atoms with Gasteiger partial charge in [-0.25, -0.2) is 4.99 Å². The van der Waals surface area contributed by atoms with Gasteiger partial charge in [0.05, 0.1) is 10.7 Å². The highest BCUT2D eigenvalue weighted by Crippen LogP contribution is 2.26. The first-order chi connectivity index (χ1) is 8.65. The van der Waals surface area contributed by atoms with Crippen molar-refractivity contribution >= 4 is 17.5 Å². The molecule has 1 aromatic rings. The Hall–Kier alpha value is -1.11. The van der Waals surface area contributed by atoms with E-state index in [0.29, 0.717) is 16.6 Å². The van der Waals surface area contributed by atoms with Crippen molar-refractivity contribution < 1.29 is 4.84 Å². The molecule has 6 nitrogen and oxygen atoms in total. The second-order valence-electron chi connectivity index (χ2n) is 4.75. The summed E-state index contributed by atoms with van der Waals surface area (Å²) >= 11 is 6.41. The van der Waals surface area contributed by atoms with E-state index in [1.54, 1.807) is 0 Å². The Morgan fingerprint density at radius 3 is 3.00 bits per heavy atom. The van der Waals surface area contributed by atoms with E-state index in [-0.39, 0.29) is 6.17 Å². The zero-order valence-corrected chi connectivity index (χ0v) is 11.2. The Morgan fingerprint density at radius 2 is 2.28 bits per heavy atom. The van der Waals surface area contributed by atoms with E-state index in [2.05, 4.69) is 27.5 Å². The van der Waals surface area contributed by atoms with E-state index in [9.17, 15) is 0 Å². The predicted molar refractivity (Wildman–Crippen MR) is 68.4 cm³/mol. The van der Waals surface area contributed by atoms with Crippen molar-refractivity contribution in [2.45, 2.75) is 32.6 Å². The molecule has 2 aliphatic heterocycles. The van der Waals surface area contributed by atoms with Crippen LogP contribution >= 0.6 is 11.6 Å². The average Bonchev–Trinajstić information content (AvgIpc) is 2.81. The smallest absolute Gasteiger partial charge is 0.264 e. The van der Waals surface area contributed by atoms with Crippen LogP contribution in [0.3, 0.4) is 0 Å². The molecule has 0 aliphatic carbocycles. The molecule has 0 spiro atoms. The van der Waals surface area contributed by atoms with Gasteiger partial charge in [0.1, 0.15) is 6.17 Å². The first kappa shape index (κ1) is 12.0. The molecule has 1 atom stereocenters. The molecule has 3 heterocycles. The molecule has 18 heavy (non-hydrogen) atoms. The zero-order chi connectivity index (χ0) is 12.7. The van der Waals surface area contributed by atoms with Crippen LogP contribution in [0.4, 0.5) is 0 Å². The quantitative estimate of drug-likeness (QED) is 0.826. The largest absolute Gasteiger partial charge is 0.384 e. The zero-order valence-electron chi connectivity index (χ0n) is 10.5. The Balaban J connectivity index is 1.98. The lowest BCUT2D eigenvalue weighted by molar-refractivity contribution is 0.185. The van der Waals surface area contributed by atoms with Crippen LogP contribution < -0.4 is 5.48 Å². The van der Waals surface area contributed by atoms with Crippen LogP contribution in [-0.2, 0) is 17.9 Å². The minimum atomic E-state index is -0.0553. The van der Waals surface area contributed by atoms with Gasteiger partial charge in [-0.1, -0.05) is 11.6 Å². The third-order valence-corrected chi connectivity index (χ3v) is 3.56. The predicted octanol–water partition coefficient (Wildman–Crippen LogP) is 0.999. The number of hydrogen-bond donors (Lipinski definition) is 1. The summed E-state index contributed by atoms with van der Waals surface area (Å²) in [4.78, 5) is 11.9. The minimum absolute atomic E-state index is 0.0553. The molecule has 2 aliphatic rings. The minimum Gasteiger partial charge on any atom is -0.384 e. The Bertz CT molecular complexity index is 498. The van der Waals surface area contributed by atoms with Crippen molar-refractivity contribution in [3.05, 3.63) is 16.4 Å². The highest BCUT2D eigenvalue weighted by molar-refractivity contribution is 6.34. The molecular weight excluding hydrogens is 254 g/mol. The number of aryl methyl sites for hydroxylation is 1. The number of nitrogens with zero attached hydrogens (tertiary/aromatic N) is 4. The normalized spacial score (nSPS) is 24.4. The van der Waals surface area contributed by atoms with Gasteiger partial charge in [-0.3, -0.25) is 4.68 Å². The highest BCUT2D eigenvalue weighted by Gasteiger charge is 2.27. The second-order valence-corrected chi connectivity index (χ2v) is 5.13. The van der Waals surface area contributed by atoms with Gasteiger partial charge in [0.25, 0.3) is 5.90 Å². The molecule has 3 rings (SSSR count). The summed E-state index contributed by atoms with van der Waals surface area (Å²) in [5.41, 5.74) is 4.45. The number of hydrogen-bond acceptors (Lipinski definition) is 5. The third-order valence-electron chi connectivity index (χ3n) is 3.16. The molecule has 0 bridgehead atoms. The van der Waals surface area contributed by atoms with Crippen LogP contribution in [0.2, 0.25) is 5.02 Å². The Kier molecular flexibility index (Phi) is 3.01. The maximum absolute atomic E-state index is 6.41. The lowest BCUT2D eigenvalue weighted by atomic mass is 10.3. The number of nitrogens with one attached hydrogen (secondary N) is 1. The van der Waals surface area contributed by atoms with E-state index in [1.165, 1.54) is 0 Å². The number of halogens is 1. The third kappa shape index (κ3) is 2.00. The summed E-state index contributed by atoms with van der Waals surface area (Å²) in [6.45, 7) is 4.67. The van der Waals surface area contributed by atoms with Gasteiger partial charge < -0.3 is 9.74 Å². The SMILES string of the molecule is CC1N=C(c2nn3c(c2Cl)CN(C)CCC3)ON1. The number of aliphatic imine (C=N–C) groups is 1. The van der Waals surface area contributed by atoms with E-state index >= 15 is 0 Å². The van der Waals surface area contributed by atoms with Crippen molar-refractivity contribution in [2.75, 3.05) is 13.6 Å². The molecule has 0 radical (unpaired) electrons. The lowest BCUT2D eigenvalue weighted by Crippen LogP contribution is -2.18. The van der Waals surface area contributed by atoms with Crippen molar-refractivity contribution in [3.8, 4) is 0 Å². The van der Waals surface area contributed by atoms with Gasteiger partial charge >= 0.3 is 0 Å². The molecule has 0 aromatic carbocycles. The fourth-order valence-corrected chi connectivity index (χ4v) is 2.53.